The molecule has 4 N–H and O–H groups in total. The minimum absolute atomic E-state index is 0.0786. The predicted molar refractivity (Wildman–Crippen MR) is 82.8 cm³/mol. The summed E-state index contributed by atoms with van der Waals surface area (Å²) in [5, 5.41) is 7.36. The number of rotatable bonds is 6. The SMILES string of the molecule is NCC(=O)NCC(=O)NC(c1ccccc1)c1cccs1. The van der Waals surface area contributed by atoms with Gasteiger partial charge in [0.15, 0.2) is 0 Å². The van der Waals surface area contributed by atoms with E-state index < -0.39 is 0 Å². The van der Waals surface area contributed by atoms with Gasteiger partial charge in [0, 0.05) is 4.88 Å². The lowest BCUT2D eigenvalue weighted by atomic mass is 10.1. The lowest BCUT2D eigenvalue weighted by molar-refractivity contribution is -0.125. The van der Waals surface area contributed by atoms with E-state index in [0.29, 0.717) is 0 Å². The number of carbonyl (C=O) groups excluding carboxylic acids is 2. The normalized spacial score (nSPS) is 11.7. The summed E-state index contributed by atoms with van der Waals surface area (Å²) in [5.74, 6) is -0.600. The summed E-state index contributed by atoms with van der Waals surface area (Å²) in [7, 11) is 0. The van der Waals surface area contributed by atoms with Crippen molar-refractivity contribution in [1.29, 1.82) is 0 Å². The van der Waals surface area contributed by atoms with Crippen LogP contribution in [0.2, 0.25) is 0 Å². The van der Waals surface area contributed by atoms with Crippen LogP contribution in [-0.2, 0) is 9.59 Å². The van der Waals surface area contributed by atoms with E-state index in [1.54, 1.807) is 11.3 Å². The molecule has 5 nitrogen and oxygen atoms in total. The third kappa shape index (κ3) is 4.40. The van der Waals surface area contributed by atoms with Crippen LogP contribution >= 0.6 is 11.3 Å². The molecule has 1 atom stereocenters. The first-order chi connectivity index (χ1) is 10.2. The quantitative estimate of drug-likeness (QED) is 0.745. The van der Waals surface area contributed by atoms with Gasteiger partial charge in [-0.3, -0.25) is 9.59 Å². The van der Waals surface area contributed by atoms with Crippen LogP contribution < -0.4 is 16.4 Å². The summed E-state index contributed by atoms with van der Waals surface area (Å²) >= 11 is 1.57. The number of thiophene rings is 1. The molecule has 21 heavy (non-hydrogen) atoms. The molecule has 2 aromatic rings. The first kappa shape index (κ1) is 15.2. The Labute approximate surface area is 127 Å². The largest absolute Gasteiger partial charge is 0.346 e. The standard InChI is InChI=1S/C15H17N3O2S/c16-9-13(19)17-10-14(20)18-15(12-7-4-8-21-12)11-5-2-1-3-6-11/h1-8,15H,9-10,16H2,(H,17,19)(H,18,20). The van der Waals surface area contributed by atoms with Gasteiger partial charge >= 0.3 is 0 Å². The lowest BCUT2D eigenvalue weighted by Gasteiger charge is -2.18. The summed E-state index contributed by atoms with van der Waals surface area (Å²) in [6.45, 7) is -0.203. The van der Waals surface area contributed by atoms with Gasteiger partial charge in [0.05, 0.1) is 19.1 Å². The second-order valence-electron chi connectivity index (χ2n) is 4.41. The first-order valence-electron chi connectivity index (χ1n) is 6.55. The van der Waals surface area contributed by atoms with Crippen LogP contribution in [0.1, 0.15) is 16.5 Å². The van der Waals surface area contributed by atoms with Crippen LogP contribution in [0.3, 0.4) is 0 Å². The van der Waals surface area contributed by atoms with Crippen molar-refractivity contribution < 1.29 is 9.59 Å². The van der Waals surface area contributed by atoms with E-state index in [1.807, 2.05) is 47.8 Å². The van der Waals surface area contributed by atoms with Crippen molar-refractivity contribution in [2.75, 3.05) is 13.1 Å². The maximum absolute atomic E-state index is 12.0. The highest BCUT2D eigenvalue weighted by Gasteiger charge is 2.17. The number of hydrogen-bond acceptors (Lipinski definition) is 4. The molecule has 0 fully saturated rings. The minimum atomic E-state index is -0.350. The van der Waals surface area contributed by atoms with Crippen molar-refractivity contribution in [1.82, 2.24) is 10.6 Å². The zero-order chi connectivity index (χ0) is 15.1. The molecule has 0 aliphatic carbocycles. The van der Waals surface area contributed by atoms with E-state index in [4.69, 9.17) is 5.73 Å². The Morgan fingerprint density at radius 1 is 1.10 bits per heavy atom. The molecule has 0 aliphatic rings. The van der Waals surface area contributed by atoms with Gasteiger partial charge < -0.3 is 16.4 Å². The van der Waals surface area contributed by atoms with Crippen LogP contribution in [0.4, 0.5) is 0 Å². The Morgan fingerprint density at radius 2 is 1.86 bits per heavy atom. The number of nitrogens with two attached hydrogens (primary N) is 1. The molecule has 1 heterocycles. The third-order valence-corrected chi connectivity index (χ3v) is 3.83. The fraction of sp³-hybridized carbons (Fsp3) is 0.200. The Morgan fingerprint density at radius 3 is 2.48 bits per heavy atom. The van der Waals surface area contributed by atoms with Gasteiger partial charge in [-0.2, -0.15) is 0 Å². The average molecular weight is 303 g/mol. The average Bonchev–Trinajstić information content (AvgIpc) is 3.05. The number of benzene rings is 1. The summed E-state index contributed by atoms with van der Waals surface area (Å²) in [5.41, 5.74) is 6.18. The van der Waals surface area contributed by atoms with Gasteiger partial charge in [0.1, 0.15) is 0 Å². The molecule has 0 bridgehead atoms. The highest BCUT2D eigenvalue weighted by Crippen LogP contribution is 2.25. The molecule has 110 valence electrons. The van der Waals surface area contributed by atoms with Crippen molar-refractivity contribution >= 4 is 23.2 Å². The van der Waals surface area contributed by atoms with Crippen LogP contribution in [-0.4, -0.2) is 24.9 Å². The zero-order valence-corrected chi connectivity index (χ0v) is 12.2. The second-order valence-corrected chi connectivity index (χ2v) is 5.39. The topological polar surface area (TPSA) is 84.2 Å². The molecule has 0 aliphatic heterocycles. The Kier molecular flexibility index (Phi) is 5.48. The highest BCUT2D eigenvalue weighted by atomic mass is 32.1. The number of nitrogens with one attached hydrogen (secondary N) is 2. The number of carbonyl (C=O) groups is 2. The van der Waals surface area contributed by atoms with E-state index in [0.717, 1.165) is 10.4 Å². The van der Waals surface area contributed by atoms with E-state index in [-0.39, 0.29) is 30.9 Å². The Hall–Kier alpha value is -2.18. The number of amides is 2. The summed E-state index contributed by atoms with van der Waals surface area (Å²) < 4.78 is 0. The molecular formula is C15H17N3O2S. The molecule has 0 saturated heterocycles. The van der Waals surface area contributed by atoms with Gasteiger partial charge in [-0.1, -0.05) is 36.4 Å². The molecule has 0 radical (unpaired) electrons. The van der Waals surface area contributed by atoms with Crippen molar-refractivity contribution in [3.63, 3.8) is 0 Å². The maximum atomic E-state index is 12.0. The highest BCUT2D eigenvalue weighted by molar-refractivity contribution is 7.10. The van der Waals surface area contributed by atoms with Gasteiger partial charge in [0.25, 0.3) is 0 Å². The fourth-order valence-corrected chi connectivity index (χ4v) is 2.69. The van der Waals surface area contributed by atoms with Gasteiger partial charge in [0.2, 0.25) is 11.8 Å². The summed E-state index contributed by atoms with van der Waals surface area (Å²) in [6.07, 6.45) is 0. The Bertz CT molecular complexity index is 584. The van der Waals surface area contributed by atoms with Crippen LogP contribution in [0, 0.1) is 0 Å². The van der Waals surface area contributed by atoms with E-state index in [1.165, 1.54) is 0 Å². The third-order valence-electron chi connectivity index (χ3n) is 2.90. The van der Waals surface area contributed by atoms with E-state index >= 15 is 0 Å². The molecule has 1 aromatic heterocycles. The summed E-state index contributed by atoms with van der Waals surface area (Å²) in [4.78, 5) is 24.1. The molecule has 2 rings (SSSR count). The molecule has 0 spiro atoms. The molecule has 6 heteroatoms. The number of hydrogen-bond donors (Lipinski definition) is 3. The van der Waals surface area contributed by atoms with Gasteiger partial charge in [-0.05, 0) is 17.0 Å². The van der Waals surface area contributed by atoms with Crippen molar-refractivity contribution in [3.05, 3.63) is 58.3 Å². The first-order valence-corrected chi connectivity index (χ1v) is 7.43. The van der Waals surface area contributed by atoms with Crippen LogP contribution in [0.15, 0.2) is 47.8 Å². The summed E-state index contributed by atoms with van der Waals surface area (Å²) in [6, 6.07) is 13.4. The van der Waals surface area contributed by atoms with Crippen molar-refractivity contribution in [2.45, 2.75) is 6.04 Å². The predicted octanol–water partition coefficient (Wildman–Crippen LogP) is 1.03. The fourth-order valence-electron chi connectivity index (χ4n) is 1.88. The van der Waals surface area contributed by atoms with E-state index in [9.17, 15) is 9.59 Å². The minimum Gasteiger partial charge on any atom is -0.346 e. The molecule has 1 unspecified atom stereocenters. The van der Waals surface area contributed by atoms with Gasteiger partial charge in [-0.25, -0.2) is 0 Å². The molecule has 2 amide bonds. The maximum Gasteiger partial charge on any atom is 0.240 e. The Balaban J connectivity index is 2.07. The van der Waals surface area contributed by atoms with E-state index in [2.05, 4.69) is 10.6 Å². The van der Waals surface area contributed by atoms with Crippen molar-refractivity contribution in [2.24, 2.45) is 5.73 Å². The van der Waals surface area contributed by atoms with Crippen LogP contribution in [0.25, 0.3) is 0 Å². The van der Waals surface area contributed by atoms with Crippen LogP contribution in [0.5, 0.6) is 0 Å². The molecule has 1 aromatic carbocycles. The second kappa shape index (κ2) is 7.56. The molecule has 0 saturated carbocycles. The lowest BCUT2D eigenvalue weighted by Crippen LogP contribution is -2.40. The molecular weight excluding hydrogens is 286 g/mol. The van der Waals surface area contributed by atoms with Gasteiger partial charge in [-0.15, -0.1) is 11.3 Å². The smallest absolute Gasteiger partial charge is 0.240 e. The monoisotopic (exact) mass is 303 g/mol. The van der Waals surface area contributed by atoms with Crippen molar-refractivity contribution in [3.8, 4) is 0 Å². The zero-order valence-electron chi connectivity index (χ0n) is 11.4.